The third-order valence-corrected chi connectivity index (χ3v) is 2.63. The van der Waals surface area contributed by atoms with Crippen molar-refractivity contribution >= 4 is 11.9 Å². The van der Waals surface area contributed by atoms with Gasteiger partial charge in [0.2, 0.25) is 5.60 Å². The summed E-state index contributed by atoms with van der Waals surface area (Å²) >= 11 is 0. The molecule has 0 amide bonds. The van der Waals surface area contributed by atoms with Crippen LogP contribution >= 0.6 is 0 Å². The molecular weight excluding hydrogens is 240 g/mol. The minimum absolute atomic E-state index is 0.0799. The minimum atomic E-state index is -1.92. The molecule has 0 aliphatic heterocycles. The van der Waals surface area contributed by atoms with E-state index in [0.29, 0.717) is 12.8 Å². The standard InChI is InChI=1S/C12H18O6/c1-11(2,3)17-10(15)12(18-16)7-5-4-6-8(12)9(13)14/h6,16H,4-5,7H2,1-3H3,(H,13,14). The van der Waals surface area contributed by atoms with Gasteiger partial charge in [-0.3, -0.25) is 5.26 Å². The number of allylic oxidation sites excluding steroid dienone is 1. The molecule has 1 unspecified atom stereocenters. The molecule has 0 heterocycles. The van der Waals surface area contributed by atoms with Crippen LogP contribution < -0.4 is 0 Å². The lowest BCUT2D eigenvalue weighted by Gasteiger charge is -2.33. The number of aliphatic carboxylic acids is 1. The van der Waals surface area contributed by atoms with Crippen molar-refractivity contribution in [3.63, 3.8) is 0 Å². The Morgan fingerprint density at radius 3 is 2.44 bits per heavy atom. The van der Waals surface area contributed by atoms with Gasteiger partial charge in [0.1, 0.15) is 5.60 Å². The summed E-state index contributed by atoms with van der Waals surface area (Å²) in [6.45, 7) is 4.97. The van der Waals surface area contributed by atoms with Crippen LogP contribution in [-0.2, 0) is 19.2 Å². The first-order valence-corrected chi connectivity index (χ1v) is 5.73. The molecule has 1 rings (SSSR count). The fourth-order valence-electron chi connectivity index (χ4n) is 1.86. The van der Waals surface area contributed by atoms with Gasteiger partial charge in [-0.2, -0.15) is 0 Å². The quantitative estimate of drug-likeness (QED) is 0.455. The van der Waals surface area contributed by atoms with Crippen LogP contribution in [-0.4, -0.2) is 33.5 Å². The average molecular weight is 258 g/mol. The zero-order chi connectivity index (χ0) is 14.0. The number of rotatable bonds is 3. The number of ether oxygens (including phenoxy) is 1. The highest BCUT2D eigenvalue weighted by Crippen LogP contribution is 2.34. The van der Waals surface area contributed by atoms with Gasteiger partial charge >= 0.3 is 11.9 Å². The maximum absolute atomic E-state index is 12.1. The predicted octanol–water partition coefficient (Wildman–Crippen LogP) is 1.75. The minimum Gasteiger partial charge on any atom is -0.478 e. The van der Waals surface area contributed by atoms with E-state index in [-0.39, 0.29) is 12.0 Å². The molecule has 0 bridgehead atoms. The normalized spacial score (nSPS) is 24.3. The SMILES string of the molecule is CC(C)(C)OC(=O)C1(OO)CCCC=C1C(=O)O. The highest BCUT2D eigenvalue weighted by atomic mass is 17.1. The monoisotopic (exact) mass is 258 g/mol. The molecule has 0 spiro atoms. The molecule has 0 radical (unpaired) electrons. The fraction of sp³-hybridized carbons (Fsp3) is 0.667. The van der Waals surface area contributed by atoms with Crippen LogP contribution in [0.15, 0.2) is 11.6 Å². The summed E-state index contributed by atoms with van der Waals surface area (Å²) in [7, 11) is 0. The first-order valence-electron chi connectivity index (χ1n) is 5.73. The van der Waals surface area contributed by atoms with Gasteiger partial charge in [-0.15, -0.1) is 0 Å². The van der Waals surface area contributed by atoms with E-state index in [1.165, 1.54) is 6.08 Å². The van der Waals surface area contributed by atoms with Crippen molar-refractivity contribution in [2.45, 2.75) is 51.2 Å². The summed E-state index contributed by atoms with van der Waals surface area (Å²) in [6.07, 6.45) is 2.52. The Morgan fingerprint density at radius 1 is 1.39 bits per heavy atom. The molecule has 0 aromatic heterocycles. The zero-order valence-corrected chi connectivity index (χ0v) is 10.7. The molecule has 2 N–H and O–H groups in total. The van der Waals surface area contributed by atoms with E-state index >= 15 is 0 Å². The zero-order valence-electron chi connectivity index (χ0n) is 10.7. The van der Waals surface area contributed by atoms with Gasteiger partial charge in [0, 0.05) is 0 Å². The summed E-state index contributed by atoms with van der Waals surface area (Å²) in [6, 6.07) is 0. The molecule has 18 heavy (non-hydrogen) atoms. The summed E-state index contributed by atoms with van der Waals surface area (Å²) in [4.78, 5) is 27.4. The van der Waals surface area contributed by atoms with Crippen LogP contribution in [0.1, 0.15) is 40.0 Å². The Bertz CT molecular complexity index is 379. The van der Waals surface area contributed by atoms with E-state index in [9.17, 15) is 9.59 Å². The van der Waals surface area contributed by atoms with Crippen LogP contribution in [0.25, 0.3) is 0 Å². The van der Waals surface area contributed by atoms with Crippen molar-refractivity contribution in [2.24, 2.45) is 0 Å². The van der Waals surface area contributed by atoms with Crippen LogP contribution in [0, 0.1) is 0 Å². The fourth-order valence-corrected chi connectivity index (χ4v) is 1.86. The average Bonchev–Trinajstić information content (AvgIpc) is 2.26. The predicted molar refractivity (Wildman–Crippen MR) is 61.9 cm³/mol. The number of carbonyl (C=O) groups is 2. The number of esters is 1. The second-order valence-corrected chi connectivity index (χ2v) is 5.24. The smallest absolute Gasteiger partial charge is 0.347 e. The first-order chi connectivity index (χ1) is 8.23. The number of carboxylic acid groups (broad SMARTS) is 1. The van der Waals surface area contributed by atoms with E-state index in [2.05, 4.69) is 4.89 Å². The molecular formula is C12H18O6. The lowest BCUT2D eigenvalue weighted by atomic mass is 9.83. The first kappa shape index (κ1) is 14.7. The molecule has 0 saturated heterocycles. The third-order valence-electron chi connectivity index (χ3n) is 2.63. The molecule has 0 saturated carbocycles. The second kappa shape index (κ2) is 5.07. The van der Waals surface area contributed by atoms with Gasteiger partial charge in [0.05, 0.1) is 5.57 Å². The Labute approximate surface area is 105 Å². The molecule has 0 aromatic rings. The van der Waals surface area contributed by atoms with Gasteiger partial charge in [-0.1, -0.05) is 6.08 Å². The Morgan fingerprint density at radius 2 is 2.00 bits per heavy atom. The molecule has 6 heteroatoms. The van der Waals surface area contributed by atoms with Gasteiger partial charge in [-0.05, 0) is 40.0 Å². The Kier molecular flexibility index (Phi) is 4.13. The number of hydrogen-bond acceptors (Lipinski definition) is 5. The van der Waals surface area contributed by atoms with Crippen molar-refractivity contribution < 1.29 is 29.6 Å². The Balaban J connectivity index is 3.11. The molecule has 1 atom stereocenters. The van der Waals surface area contributed by atoms with Crippen LogP contribution in [0.3, 0.4) is 0 Å². The highest BCUT2D eigenvalue weighted by molar-refractivity contribution is 5.99. The second-order valence-electron chi connectivity index (χ2n) is 5.24. The largest absolute Gasteiger partial charge is 0.478 e. The van der Waals surface area contributed by atoms with E-state index in [1.54, 1.807) is 20.8 Å². The maximum atomic E-state index is 12.1. The summed E-state index contributed by atoms with van der Waals surface area (Å²) in [5, 5.41) is 18.1. The van der Waals surface area contributed by atoms with E-state index in [0.717, 1.165) is 0 Å². The van der Waals surface area contributed by atoms with Crippen molar-refractivity contribution in [3.05, 3.63) is 11.6 Å². The molecule has 102 valence electrons. The van der Waals surface area contributed by atoms with Crippen molar-refractivity contribution in [1.29, 1.82) is 0 Å². The number of carbonyl (C=O) groups excluding carboxylic acids is 1. The lowest BCUT2D eigenvalue weighted by Crippen LogP contribution is -2.49. The van der Waals surface area contributed by atoms with Crippen LogP contribution in [0.5, 0.6) is 0 Å². The number of carboxylic acids is 1. The molecule has 1 aliphatic carbocycles. The summed E-state index contributed by atoms with van der Waals surface area (Å²) in [5.74, 6) is -2.18. The van der Waals surface area contributed by atoms with Crippen molar-refractivity contribution in [2.75, 3.05) is 0 Å². The molecule has 1 aliphatic rings. The highest BCUT2D eigenvalue weighted by Gasteiger charge is 2.51. The van der Waals surface area contributed by atoms with Gasteiger partial charge < -0.3 is 9.84 Å². The third kappa shape index (κ3) is 2.88. The van der Waals surface area contributed by atoms with E-state index in [1.807, 2.05) is 0 Å². The van der Waals surface area contributed by atoms with Gasteiger partial charge in [0.15, 0.2) is 0 Å². The number of hydrogen-bond donors (Lipinski definition) is 2. The summed E-state index contributed by atoms with van der Waals surface area (Å²) < 4.78 is 5.12. The maximum Gasteiger partial charge on any atom is 0.347 e. The summed E-state index contributed by atoms with van der Waals surface area (Å²) in [5.41, 5.74) is -2.98. The molecule has 6 nitrogen and oxygen atoms in total. The molecule has 0 fully saturated rings. The van der Waals surface area contributed by atoms with Crippen molar-refractivity contribution in [3.8, 4) is 0 Å². The van der Waals surface area contributed by atoms with E-state index in [4.69, 9.17) is 15.1 Å². The van der Waals surface area contributed by atoms with Gasteiger partial charge in [0.25, 0.3) is 0 Å². The van der Waals surface area contributed by atoms with Crippen molar-refractivity contribution in [1.82, 2.24) is 0 Å². The van der Waals surface area contributed by atoms with Gasteiger partial charge in [-0.25, -0.2) is 14.5 Å². The van der Waals surface area contributed by atoms with E-state index < -0.39 is 23.1 Å². The molecule has 0 aromatic carbocycles. The topological polar surface area (TPSA) is 93.1 Å². The lowest BCUT2D eigenvalue weighted by molar-refractivity contribution is -0.312. The van der Waals surface area contributed by atoms with Crippen LogP contribution in [0.4, 0.5) is 0 Å². The Hall–Kier alpha value is -1.40. The van der Waals surface area contributed by atoms with Crippen LogP contribution in [0.2, 0.25) is 0 Å².